The van der Waals surface area contributed by atoms with Crippen molar-refractivity contribution in [2.45, 2.75) is 38.5 Å². The van der Waals surface area contributed by atoms with Crippen molar-refractivity contribution in [1.82, 2.24) is 15.1 Å². The molecule has 2 aliphatic rings. The minimum atomic E-state index is -0.411. The van der Waals surface area contributed by atoms with E-state index in [9.17, 15) is 5.11 Å². The SMILES string of the molecule is Cc1ccccc1O[C@@H]1C[C@@H]2CN(Cc3ccc(-c4ccn[nH]4)o3)C[C@@H]2C[C@H]1O. The molecule has 2 fully saturated rings. The lowest BCUT2D eigenvalue weighted by Crippen LogP contribution is -2.42. The van der Waals surface area contributed by atoms with Gasteiger partial charge in [-0.3, -0.25) is 10.00 Å². The molecule has 0 spiro atoms. The van der Waals surface area contributed by atoms with Gasteiger partial charge in [-0.05, 0) is 61.4 Å². The molecule has 0 unspecified atom stereocenters. The van der Waals surface area contributed by atoms with Crippen molar-refractivity contribution in [2.75, 3.05) is 13.1 Å². The molecule has 0 radical (unpaired) electrons. The van der Waals surface area contributed by atoms with Gasteiger partial charge >= 0.3 is 0 Å². The first-order valence-corrected chi connectivity index (χ1v) is 10.4. The number of likely N-dealkylation sites (tertiary alicyclic amines) is 1. The molecular weight excluding hydrogens is 366 g/mol. The maximum atomic E-state index is 10.7. The van der Waals surface area contributed by atoms with E-state index < -0.39 is 6.10 Å². The Morgan fingerprint density at radius 3 is 2.76 bits per heavy atom. The third-order valence-corrected chi connectivity index (χ3v) is 6.34. The maximum absolute atomic E-state index is 10.7. The van der Waals surface area contributed by atoms with Crippen LogP contribution >= 0.6 is 0 Å². The summed E-state index contributed by atoms with van der Waals surface area (Å²) in [6.45, 7) is 4.86. The Hall–Kier alpha value is -2.57. The fourth-order valence-corrected chi connectivity index (χ4v) is 4.82. The molecule has 29 heavy (non-hydrogen) atoms. The number of aliphatic hydroxyl groups excluding tert-OH is 1. The highest BCUT2D eigenvalue weighted by Gasteiger charge is 2.42. The molecule has 3 heterocycles. The van der Waals surface area contributed by atoms with Crippen LogP contribution in [0.1, 0.15) is 24.2 Å². The number of ether oxygens (including phenoxy) is 1. The number of nitrogens with zero attached hydrogens (tertiary/aromatic N) is 2. The van der Waals surface area contributed by atoms with Gasteiger partial charge in [-0.15, -0.1) is 0 Å². The summed E-state index contributed by atoms with van der Waals surface area (Å²) >= 11 is 0. The third kappa shape index (κ3) is 3.82. The highest BCUT2D eigenvalue weighted by molar-refractivity contribution is 5.51. The quantitative estimate of drug-likeness (QED) is 0.692. The fraction of sp³-hybridized carbons (Fsp3) is 0.435. The zero-order chi connectivity index (χ0) is 19.8. The highest BCUT2D eigenvalue weighted by Crippen LogP contribution is 2.39. The Labute approximate surface area is 170 Å². The molecule has 6 heteroatoms. The van der Waals surface area contributed by atoms with Crippen molar-refractivity contribution < 1.29 is 14.3 Å². The van der Waals surface area contributed by atoms with Crippen LogP contribution in [0.15, 0.2) is 53.1 Å². The molecule has 4 atom stereocenters. The van der Waals surface area contributed by atoms with Crippen LogP contribution in [0.2, 0.25) is 0 Å². The van der Waals surface area contributed by atoms with Crippen molar-refractivity contribution in [2.24, 2.45) is 11.8 Å². The number of hydrogen-bond acceptors (Lipinski definition) is 5. The molecule has 1 saturated heterocycles. The van der Waals surface area contributed by atoms with Crippen LogP contribution in [0.25, 0.3) is 11.5 Å². The number of benzene rings is 1. The predicted octanol–water partition coefficient (Wildman–Crippen LogP) is 3.63. The second-order valence-corrected chi connectivity index (χ2v) is 8.41. The molecule has 1 aliphatic carbocycles. The maximum Gasteiger partial charge on any atom is 0.152 e. The number of fused-ring (bicyclic) bond motifs is 1. The van der Waals surface area contributed by atoms with E-state index in [-0.39, 0.29) is 6.10 Å². The van der Waals surface area contributed by atoms with Gasteiger partial charge in [0.25, 0.3) is 0 Å². The van der Waals surface area contributed by atoms with E-state index in [0.717, 1.165) is 61.0 Å². The largest absolute Gasteiger partial charge is 0.487 e. The topological polar surface area (TPSA) is 74.5 Å². The van der Waals surface area contributed by atoms with E-state index in [1.165, 1.54) is 0 Å². The molecule has 1 aliphatic heterocycles. The number of aliphatic hydroxyl groups is 1. The van der Waals surface area contributed by atoms with Gasteiger partial charge < -0.3 is 14.3 Å². The Bertz CT molecular complexity index is 952. The monoisotopic (exact) mass is 393 g/mol. The van der Waals surface area contributed by atoms with Crippen LogP contribution in [0.5, 0.6) is 5.75 Å². The minimum Gasteiger partial charge on any atom is -0.487 e. The first kappa shape index (κ1) is 18.5. The Kier molecular flexibility index (Phi) is 4.89. The Morgan fingerprint density at radius 1 is 1.14 bits per heavy atom. The lowest BCUT2D eigenvalue weighted by Gasteiger charge is -2.35. The predicted molar refractivity (Wildman–Crippen MR) is 109 cm³/mol. The fourth-order valence-electron chi connectivity index (χ4n) is 4.82. The smallest absolute Gasteiger partial charge is 0.152 e. The number of rotatable bonds is 5. The van der Waals surface area contributed by atoms with Crippen LogP contribution in [0.3, 0.4) is 0 Å². The second kappa shape index (κ2) is 7.69. The lowest BCUT2D eigenvalue weighted by atomic mass is 9.78. The summed E-state index contributed by atoms with van der Waals surface area (Å²) in [5.41, 5.74) is 2.01. The molecular formula is C23H27N3O3. The first-order valence-electron chi connectivity index (χ1n) is 10.4. The van der Waals surface area contributed by atoms with E-state index in [1.807, 2.05) is 49.4 Å². The van der Waals surface area contributed by atoms with Gasteiger partial charge in [0.15, 0.2) is 5.76 Å². The number of H-pyrrole nitrogens is 1. The highest BCUT2D eigenvalue weighted by atomic mass is 16.5. The van der Waals surface area contributed by atoms with Crippen LogP contribution in [0.4, 0.5) is 0 Å². The minimum absolute atomic E-state index is 0.132. The van der Waals surface area contributed by atoms with Gasteiger partial charge in [-0.1, -0.05) is 18.2 Å². The molecule has 5 rings (SSSR count). The number of aryl methyl sites for hydroxylation is 1. The summed E-state index contributed by atoms with van der Waals surface area (Å²) in [4.78, 5) is 2.44. The summed E-state index contributed by atoms with van der Waals surface area (Å²) in [6.07, 6.45) is 2.88. The lowest BCUT2D eigenvalue weighted by molar-refractivity contribution is -0.0234. The molecule has 0 amide bonds. The van der Waals surface area contributed by atoms with Gasteiger partial charge in [0.05, 0.1) is 12.6 Å². The summed E-state index contributed by atoms with van der Waals surface area (Å²) in [6, 6.07) is 14.0. The van der Waals surface area contributed by atoms with Gasteiger partial charge in [0.1, 0.15) is 23.3 Å². The summed E-state index contributed by atoms with van der Waals surface area (Å²) < 4.78 is 12.2. The second-order valence-electron chi connectivity index (χ2n) is 8.41. The number of hydrogen-bond donors (Lipinski definition) is 2. The number of aromatic nitrogens is 2. The molecule has 152 valence electrons. The van der Waals surface area contributed by atoms with E-state index in [4.69, 9.17) is 9.15 Å². The van der Waals surface area contributed by atoms with Crippen LogP contribution < -0.4 is 4.74 Å². The van der Waals surface area contributed by atoms with E-state index in [2.05, 4.69) is 15.1 Å². The van der Waals surface area contributed by atoms with Crippen molar-refractivity contribution in [3.8, 4) is 17.2 Å². The number of aromatic amines is 1. The van der Waals surface area contributed by atoms with E-state index in [0.29, 0.717) is 11.8 Å². The van der Waals surface area contributed by atoms with Crippen molar-refractivity contribution in [3.63, 3.8) is 0 Å². The van der Waals surface area contributed by atoms with Crippen LogP contribution in [-0.4, -0.2) is 45.5 Å². The molecule has 2 aromatic heterocycles. The number of nitrogens with one attached hydrogen (secondary N) is 1. The van der Waals surface area contributed by atoms with Crippen molar-refractivity contribution in [3.05, 3.63) is 60.0 Å². The van der Waals surface area contributed by atoms with Crippen molar-refractivity contribution >= 4 is 0 Å². The normalized spacial score (nSPS) is 27.1. The Balaban J connectivity index is 1.21. The number of para-hydroxylation sites is 1. The molecule has 1 aromatic carbocycles. The van der Waals surface area contributed by atoms with Crippen LogP contribution in [-0.2, 0) is 6.54 Å². The van der Waals surface area contributed by atoms with Gasteiger partial charge in [0.2, 0.25) is 0 Å². The van der Waals surface area contributed by atoms with Gasteiger partial charge in [-0.2, -0.15) is 5.10 Å². The molecule has 2 N–H and O–H groups in total. The molecule has 6 nitrogen and oxygen atoms in total. The van der Waals surface area contributed by atoms with Crippen LogP contribution in [0, 0.1) is 18.8 Å². The zero-order valence-electron chi connectivity index (χ0n) is 16.6. The summed E-state index contributed by atoms with van der Waals surface area (Å²) in [7, 11) is 0. The van der Waals surface area contributed by atoms with E-state index in [1.54, 1.807) is 6.20 Å². The average molecular weight is 393 g/mol. The van der Waals surface area contributed by atoms with Gasteiger partial charge in [0, 0.05) is 19.3 Å². The van der Waals surface area contributed by atoms with E-state index >= 15 is 0 Å². The molecule has 3 aromatic rings. The van der Waals surface area contributed by atoms with Crippen molar-refractivity contribution in [1.29, 1.82) is 0 Å². The summed E-state index contributed by atoms with van der Waals surface area (Å²) in [5.74, 6) is 3.72. The standard InChI is InChI=1S/C23H27N3O3/c1-15-4-2-3-5-21(15)29-23-11-17-13-26(12-16(17)10-20(23)27)14-18-6-7-22(28-18)19-8-9-24-25-19/h2-9,16-17,20,23,27H,10-14H2,1H3,(H,24,25)/t16-,17+,20+,23+/m0/s1. The number of furan rings is 1. The average Bonchev–Trinajstić information content (AvgIpc) is 3.44. The molecule has 1 saturated carbocycles. The zero-order valence-corrected chi connectivity index (χ0v) is 16.6. The third-order valence-electron chi connectivity index (χ3n) is 6.34. The molecule has 0 bridgehead atoms. The first-order chi connectivity index (χ1) is 14.2. The summed E-state index contributed by atoms with van der Waals surface area (Å²) in [5, 5.41) is 17.6. The van der Waals surface area contributed by atoms with Gasteiger partial charge in [-0.25, -0.2) is 0 Å². The Morgan fingerprint density at radius 2 is 1.97 bits per heavy atom.